The standard InChI is InChI=1S/C7H13F2NO2S/c1-6(4-10)2-3-13(11,12)5-7(6,8)9/h2-5,10H2,1H3. The van der Waals surface area contributed by atoms with Crippen LogP contribution in [0.2, 0.25) is 0 Å². The monoisotopic (exact) mass is 213 g/mol. The number of hydrogen-bond donors (Lipinski definition) is 1. The summed E-state index contributed by atoms with van der Waals surface area (Å²) in [7, 11) is -3.58. The molecule has 0 aromatic heterocycles. The molecule has 6 heteroatoms. The van der Waals surface area contributed by atoms with Gasteiger partial charge in [0.2, 0.25) is 0 Å². The second kappa shape index (κ2) is 2.88. The van der Waals surface area contributed by atoms with Crippen LogP contribution in [0.15, 0.2) is 0 Å². The van der Waals surface area contributed by atoms with E-state index >= 15 is 0 Å². The third kappa shape index (κ3) is 1.83. The van der Waals surface area contributed by atoms with Gasteiger partial charge in [-0.25, -0.2) is 17.2 Å². The van der Waals surface area contributed by atoms with Crippen LogP contribution in [-0.2, 0) is 9.84 Å². The second-order valence-corrected chi connectivity index (χ2v) is 6.00. The molecule has 1 saturated heterocycles. The summed E-state index contributed by atoms with van der Waals surface area (Å²) in [5.74, 6) is -4.44. The highest BCUT2D eigenvalue weighted by molar-refractivity contribution is 7.91. The van der Waals surface area contributed by atoms with E-state index in [1.807, 2.05) is 0 Å². The van der Waals surface area contributed by atoms with E-state index in [1.54, 1.807) is 0 Å². The minimum atomic E-state index is -3.58. The van der Waals surface area contributed by atoms with Crippen molar-refractivity contribution in [3.8, 4) is 0 Å². The van der Waals surface area contributed by atoms with Gasteiger partial charge in [-0.15, -0.1) is 0 Å². The fourth-order valence-corrected chi connectivity index (χ4v) is 3.14. The van der Waals surface area contributed by atoms with Gasteiger partial charge >= 0.3 is 0 Å². The quantitative estimate of drug-likeness (QED) is 0.686. The largest absolute Gasteiger partial charge is 0.330 e. The van der Waals surface area contributed by atoms with Crippen molar-refractivity contribution < 1.29 is 17.2 Å². The van der Waals surface area contributed by atoms with Crippen LogP contribution in [-0.4, -0.2) is 32.4 Å². The minimum Gasteiger partial charge on any atom is -0.330 e. The van der Waals surface area contributed by atoms with Crippen molar-refractivity contribution in [2.24, 2.45) is 11.1 Å². The summed E-state index contributed by atoms with van der Waals surface area (Å²) in [5.41, 5.74) is 3.86. The summed E-state index contributed by atoms with van der Waals surface area (Å²) in [5, 5.41) is 0. The molecule has 0 radical (unpaired) electrons. The van der Waals surface area contributed by atoms with E-state index in [0.29, 0.717) is 0 Å². The van der Waals surface area contributed by atoms with Crippen LogP contribution in [0.25, 0.3) is 0 Å². The third-order valence-electron chi connectivity index (χ3n) is 2.70. The number of halogens is 2. The van der Waals surface area contributed by atoms with Gasteiger partial charge in [-0.2, -0.15) is 0 Å². The molecule has 1 atom stereocenters. The lowest BCUT2D eigenvalue weighted by Gasteiger charge is -2.39. The maximum Gasteiger partial charge on any atom is 0.268 e. The SMILES string of the molecule is CC1(CN)CCS(=O)(=O)CC1(F)F. The van der Waals surface area contributed by atoms with Gasteiger partial charge in [-0.3, -0.25) is 0 Å². The third-order valence-corrected chi connectivity index (χ3v) is 4.33. The molecule has 13 heavy (non-hydrogen) atoms. The van der Waals surface area contributed by atoms with Crippen molar-refractivity contribution in [1.29, 1.82) is 0 Å². The summed E-state index contributed by atoms with van der Waals surface area (Å²) in [6.45, 7) is 1.15. The zero-order chi connectivity index (χ0) is 10.3. The molecule has 1 heterocycles. The minimum absolute atomic E-state index is 0.0567. The molecule has 1 fully saturated rings. The smallest absolute Gasteiger partial charge is 0.268 e. The van der Waals surface area contributed by atoms with E-state index in [9.17, 15) is 17.2 Å². The molecule has 2 N–H and O–H groups in total. The molecular weight excluding hydrogens is 200 g/mol. The average Bonchev–Trinajstić information content (AvgIpc) is 1.96. The maximum absolute atomic E-state index is 13.3. The highest BCUT2D eigenvalue weighted by Gasteiger charge is 2.55. The molecular formula is C7H13F2NO2S. The molecule has 0 aromatic carbocycles. The molecule has 0 saturated carbocycles. The average molecular weight is 213 g/mol. The van der Waals surface area contributed by atoms with Gasteiger partial charge in [0.1, 0.15) is 5.75 Å². The van der Waals surface area contributed by atoms with Crippen LogP contribution in [0, 0.1) is 5.41 Å². The zero-order valence-corrected chi connectivity index (χ0v) is 8.20. The molecule has 1 aliphatic rings. The summed E-state index contributed by atoms with van der Waals surface area (Å²) in [6, 6.07) is 0. The number of rotatable bonds is 1. The van der Waals surface area contributed by atoms with Gasteiger partial charge in [0, 0.05) is 12.0 Å². The molecule has 0 aromatic rings. The number of hydrogen-bond acceptors (Lipinski definition) is 3. The molecule has 1 rings (SSSR count). The van der Waals surface area contributed by atoms with Crippen molar-refractivity contribution in [1.82, 2.24) is 0 Å². The van der Waals surface area contributed by atoms with Crippen LogP contribution >= 0.6 is 0 Å². The van der Waals surface area contributed by atoms with E-state index in [4.69, 9.17) is 5.73 Å². The van der Waals surface area contributed by atoms with Crippen molar-refractivity contribution in [3.05, 3.63) is 0 Å². The Bertz CT molecular complexity index is 302. The lowest BCUT2D eigenvalue weighted by Crippen LogP contribution is -2.53. The van der Waals surface area contributed by atoms with Gasteiger partial charge in [-0.05, 0) is 6.42 Å². The van der Waals surface area contributed by atoms with E-state index < -0.39 is 26.9 Å². The Hall–Kier alpha value is -0.230. The van der Waals surface area contributed by atoms with E-state index in [2.05, 4.69) is 0 Å². The fourth-order valence-electron chi connectivity index (χ4n) is 1.34. The second-order valence-electron chi connectivity index (χ2n) is 3.81. The fraction of sp³-hybridized carbons (Fsp3) is 1.00. The predicted molar refractivity (Wildman–Crippen MR) is 45.4 cm³/mol. The topological polar surface area (TPSA) is 60.2 Å². The predicted octanol–water partition coefficient (Wildman–Crippen LogP) is 0.405. The number of sulfone groups is 1. The maximum atomic E-state index is 13.3. The first kappa shape index (κ1) is 10.8. The first-order chi connectivity index (χ1) is 5.72. The Morgan fingerprint density at radius 3 is 2.38 bits per heavy atom. The van der Waals surface area contributed by atoms with Crippen LogP contribution in [0.1, 0.15) is 13.3 Å². The summed E-state index contributed by atoms with van der Waals surface area (Å²) in [6.07, 6.45) is -0.0567. The highest BCUT2D eigenvalue weighted by atomic mass is 32.2. The van der Waals surface area contributed by atoms with E-state index in [0.717, 1.165) is 0 Å². The Kier molecular flexibility index (Phi) is 2.40. The molecule has 0 bridgehead atoms. The van der Waals surface area contributed by atoms with Crippen LogP contribution < -0.4 is 5.73 Å². The molecule has 1 unspecified atom stereocenters. The van der Waals surface area contributed by atoms with Crippen molar-refractivity contribution in [2.75, 3.05) is 18.1 Å². The molecule has 0 aliphatic carbocycles. The van der Waals surface area contributed by atoms with Gasteiger partial charge in [0.05, 0.1) is 5.75 Å². The van der Waals surface area contributed by atoms with Gasteiger partial charge in [0.15, 0.2) is 9.84 Å². The Morgan fingerprint density at radius 2 is 2.00 bits per heavy atom. The van der Waals surface area contributed by atoms with Gasteiger partial charge in [-0.1, -0.05) is 6.92 Å². The normalized spacial score (nSPS) is 37.2. The number of nitrogens with two attached hydrogens (primary N) is 1. The molecule has 0 spiro atoms. The molecule has 78 valence electrons. The Morgan fingerprint density at radius 1 is 1.46 bits per heavy atom. The summed E-state index contributed by atoms with van der Waals surface area (Å²) >= 11 is 0. The molecule has 3 nitrogen and oxygen atoms in total. The zero-order valence-electron chi connectivity index (χ0n) is 7.39. The lowest BCUT2D eigenvalue weighted by molar-refractivity contribution is -0.0951. The van der Waals surface area contributed by atoms with Crippen molar-refractivity contribution >= 4 is 9.84 Å². The highest BCUT2D eigenvalue weighted by Crippen LogP contribution is 2.43. The Labute approximate surface area is 76.2 Å². The van der Waals surface area contributed by atoms with Gasteiger partial charge in [0.25, 0.3) is 5.92 Å². The summed E-state index contributed by atoms with van der Waals surface area (Å²) < 4.78 is 48.5. The van der Waals surface area contributed by atoms with Crippen LogP contribution in [0.5, 0.6) is 0 Å². The summed E-state index contributed by atoms with van der Waals surface area (Å²) in [4.78, 5) is 0. The lowest BCUT2D eigenvalue weighted by atomic mass is 9.81. The first-order valence-corrected chi connectivity index (χ1v) is 5.83. The van der Waals surface area contributed by atoms with E-state index in [1.165, 1.54) is 6.92 Å². The molecule has 0 amide bonds. The van der Waals surface area contributed by atoms with Crippen LogP contribution in [0.3, 0.4) is 0 Å². The van der Waals surface area contributed by atoms with Gasteiger partial charge < -0.3 is 5.73 Å². The Balaban J connectivity index is 2.98. The van der Waals surface area contributed by atoms with Crippen molar-refractivity contribution in [2.45, 2.75) is 19.3 Å². The van der Waals surface area contributed by atoms with Crippen LogP contribution in [0.4, 0.5) is 8.78 Å². The van der Waals surface area contributed by atoms with Crippen molar-refractivity contribution in [3.63, 3.8) is 0 Å². The number of alkyl halides is 2. The first-order valence-electron chi connectivity index (χ1n) is 4.01. The molecule has 1 aliphatic heterocycles. The van der Waals surface area contributed by atoms with E-state index in [-0.39, 0.29) is 18.7 Å².